The van der Waals surface area contributed by atoms with E-state index in [0.717, 1.165) is 28.0 Å². The zero-order chi connectivity index (χ0) is 22.0. The number of esters is 1. The number of furan rings is 1. The van der Waals surface area contributed by atoms with Crippen LogP contribution in [0.5, 0.6) is 0 Å². The van der Waals surface area contributed by atoms with Crippen molar-refractivity contribution in [3.05, 3.63) is 94.4 Å². The summed E-state index contributed by atoms with van der Waals surface area (Å²) in [5, 5.41) is 5.91. The van der Waals surface area contributed by atoms with E-state index in [1.807, 2.05) is 57.2 Å². The summed E-state index contributed by atoms with van der Waals surface area (Å²) in [4.78, 5) is 25.3. The number of hydrogen-bond acceptors (Lipinski definition) is 5. The highest BCUT2D eigenvalue weighted by molar-refractivity contribution is 6.03. The Balaban J connectivity index is 1.51. The summed E-state index contributed by atoms with van der Waals surface area (Å²) < 4.78 is 10.8. The first-order chi connectivity index (χ1) is 14.9. The Kier molecular flexibility index (Phi) is 5.71. The Morgan fingerprint density at radius 3 is 2.52 bits per heavy atom. The van der Waals surface area contributed by atoms with Crippen molar-refractivity contribution in [2.24, 2.45) is 5.10 Å². The summed E-state index contributed by atoms with van der Waals surface area (Å²) in [5.41, 5.74) is 5.38. The van der Waals surface area contributed by atoms with Gasteiger partial charge in [0.2, 0.25) is 0 Å². The first-order valence-electron chi connectivity index (χ1n) is 10.2. The van der Waals surface area contributed by atoms with Crippen molar-refractivity contribution in [3.63, 3.8) is 0 Å². The third kappa shape index (κ3) is 4.43. The number of nitrogens with zero attached hydrogens (tertiary/aromatic N) is 2. The fourth-order valence-electron chi connectivity index (χ4n) is 3.51. The number of rotatable bonds is 5. The van der Waals surface area contributed by atoms with Crippen molar-refractivity contribution in [2.75, 3.05) is 6.61 Å². The molecule has 31 heavy (non-hydrogen) atoms. The molecule has 3 aromatic rings. The molecule has 4 rings (SSSR count). The van der Waals surface area contributed by atoms with E-state index < -0.39 is 18.5 Å². The van der Waals surface area contributed by atoms with Gasteiger partial charge in [-0.25, -0.2) is 9.80 Å². The molecule has 0 fully saturated rings. The van der Waals surface area contributed by atoms with E-state index in [2.05, 4.69) is 5.10 Å². The van der Waals surface area contributed by atoms with Gasteiger partial charge in [0.15, 0.2) is 6.61 Å². The number of amides is 1. The van der Waals surface area contributed by atoms with Gasteiger partial charge in [-0.1, -0.05) is 35.9 Å². The lowest BCUT2D eigenvalue weighted by Gasteiger charge is -2.19. The van der Waals surface area contributed by atoms with Gasteiger partial charge in [0, 0.05) is 6.42 Å². The van der Waals surface area contributed by atoms with E-state index in [4.69, 9.17) is 9.15 Å². The topological polar surface area (TPSA) is 72.1 Å². The van der Waals surface area contributed by atoms with Gasteiger partial charge in [-0.3, -0.25) is 4.79 Å². The smallest absolute Gasteiger partial charge is 0.338 e. The Bertz CT molecular complexity index is 1130. The van der Waals surface area contributed by atoms with Gasteiger partial charge in [-0.05, 0) is 61.7 Å². The van der Waals surface area contributed by atoms with Gasteiger partial charge >= 0.3 is 5.97 Å². The van der Waals surface area contributed by atoms with Crippen LogP contribution in [0.4, 0.5) is 0 Å². The first kappa shape index (κ1) is 20.6. The monoisotopic (exact) mass is 416 g/mol. The molecule has 158 valence electrons. The maximum absolute atomic E-state index is 12.9. The standard InChI is InChI=1S/C25H24N2O4/c1-16-6-9-19(10-7-16)21-14-22(23-5-4-12-30-23)27(26-21)24(28)15-31-25(29)20-11-8-17(2)18(3)13-20/h4-13,22H,14-15H2,1-3H3/t22-/m0/s1. The number of hydrazone groups is 1. The lowest BCUT2D eigenvalue weighted by atomic mass is 10.0. The SMILES string of the molecule is Cc1ccc(C2=NN(C(=O)COC(=O)c3ccc(C)c(C)c3)[C@H](c3ccco3)C2)cc1. The summed E-state index contributed by atoms with van der Waals surface area (Å²) in [7, 11) is 0. The highest BCUT2D eigenvalue weighted by Gasteiger charge is 2.35. The molecular formula is C25H24N2O4. The van der Waals surface area contributed by atoms with Crippen LogP contribution in [0, 0.1) is 20.8 Å². The van der Waals surface area contributed by atoms with Crippen LogP contribution in [0.3, 0.4) is 0 Å². The number of aryl methyl sites for hydroxylation is 3. The maximum atomic E-state index is 12.9. The summed E-state index contributed by atoms with van der Waals surface area (Å²) in [6.45, 7) is 5.52. The summed E-state index contributed by atoms with van der Waals surface area (Å²) >= 11 is 0. The Labute approximate surface area is 181 Å². The van der Waals surface area contributed by atoms with E-state index in [-0.39, 0.29) is 6.04 Å². The second kappa shape index (κ2) is 8.60. The van der Waals surface area contributed by atoms with Crippen molar-refractivity contribution in [1.82, 2.24) is 5.01 Å². The Hall–Kier alpha value is -3.67. The van der Waals surface area contributed by atoms with Crippen LogP contribution in [0.15, 0.2) is 70.4 Å². The van der Waals surface area contributed by atoms with Gasteiger partial charge < -0.3 is 9.15 Å². The Morgan fingerprint density at radius 1 is 1.06 bits per heavy atom. The molecule has 0 saturated heterocycles. The van der Waals surface area contributed by atoms with Gasteiger partial charge in [0.05, 0.1) is 17.5 Å². The van der Waals surface area contributed by atoms with Crippen molar-refractivity contribution in [1.29, 1.82) is 0 Å². The zero-order valence-corrected chi connectivity index (χ0v) is 17.8. The number of hydrogen-bond donors (Lipinski definition) is 0. The third-order valence-corrected chi connectivity index (χ3v) is 5.49. The van der Waals surface area contributed by atoms with Crippen LogP contribution >= 0.6 is 0 Å². The van der Waals surface area contributed by atoms with Crippen LogP contribution in [0.1, 0.15) is 50.8 Å². The minimum absolute atomic E-state index is 0.376. The molecule has 0 bridgehead atoms. The molecule has 1 atom stereocenters. The molecule has 1 aliphatic heterocycles. The van der Waals surface area contributed by atoms with Gasteiger partial charge in [0.25, 0.3) is 5.91 Å². The predicted molar refractivity (Wildman–Crippen MR) is 117 cm³/mol. The first-order valence-corrected chi connectivity index (χ1v) is 10.2. The molecule has 0 unspecified atom stereocenters. The van der Waals surface area contributed by atoms with E-state index in [1.54, 1.807) is 24.5 Å². The normalized spacial score (nSPS) is 15.6. The third-order valence-electron chi connectivity index (χ3n) is 5.49. The highest BCUT2D eigenvalue weighted by atomic mass is 16.5. The van der Waals surface area contributed by atoms with Crippen LogP contribution in [-0.2, 0) is 9.53 Å². The lowest BCUT2D eigenvalue weighted by Crippen LogP contribution is -2.31. The molecule has 0 radical (unpaired) electrons. The van der Waals surface area contributed by atoms with Crippen molar-refractivity contribution >= 4 is 17.6 Å². The average molecular weight is 416 g/mol. The van der Waals surface area contributed by atoms with Crippen LogP contribution in [0.25, 0.3) is 0 Å². The molecular weight excluding hydrogens is 392 g/mol. The number of carbonyl (C=O) groups is 2. The number of ether oxygens (including phenoxy) is 1. The number of carbonyl (C=O) groups excluding carboxylic acids is 2. The molecule has 6 heteroatoms. The van der Waals surface area contributed by atoms with E-state index >= 15 is 0 Å². The second-order valence-electron chi connectivity index (χ2n) is 7.76. The van der Waals surface area contributed by atoms with Gasteiger partial charge in [-0.2, -0.15) is 5.10 Å². The van der Waals surface area contributed by atoms with Crippen molar-refractivity contribution in [2.45, 2.75) is 33.2 Å². The van der Waals surface area contributed by atoms with E-state index in [0.29, 0.717) is 17.7 Å². The summed E-state index contributed by atoms with van der Waals surface area (Å²) in [6.07, 6.45) is 2.09. The minimum Gasteiger partial charge on any atom is -0.467 e. The average Bonchev–Trinajstić information content (AvgIpc) is 3.44. The van der Waals surface area contributed by atoms with Gasteiger partial charge in [-0.15, -0.1) is 0 Å². The summed E-state index contributed by atoms with van der Waals surface area (Å²) in [6, 6.07) is 16.5. The number of benzene rings is 2. The largest absolute Gasteiger partial charge is 0.467 e. The van der Waals surface area contributed by atoms with Crippen molar-refractivity contribution in [3.8, 4) is 0 Å². The maximum Gasteiger partial charge on any atom is 0.338 e. The fraction of sp³-hybridized carbons (Fsp3) is 0.240. The Morgan fingerprint density at radius 2 is 1.84 bits per heavy atom. The lowest BCUT2D eigenvalue weighted by molar-refractivity contribution is -0.136. The molecule has 1 aliphatic rings. The molecule has 0 saturated carbocycles. The minimum atomic E-state index is -0.534. The quantitative estimate of drug-likeness (QED) is 0.563. The highest BCUT2D eigenvalue weighted by Crippen LogP contribution is 2.33. The molecule has 1 amide bonds. The van der Waals surface area contributed by atoms with Crippen LogP contribution in [0.2, 0.25) is 0 Å². The molecule has 0 spiro atoms. The molecule has 0 aliphatic carbocycles. The van der Waals surface area contributed by atoms with E-state index in [1.165, 1.54) is 5.01 Å². The molecule has 2 aromatic carbocycles. The summed E-state index contributed by atoms with van der Waals surface area (Å²) in [5.74, 6) is -0.298. The fourth-order valence-corrected chi connectivity index (χ4v) is 3.51. The van der Waals surface area contributed by atoms with Crippen LogP contribution < -0.4 is 0 Å². The van der Waals surface area contributed by atoms with Crippen LogP contribution in [-0.4, -0.2) is 29.2 Å². The second-order valence-corrected chi connectivity index (χ2v) is 7.76. The zero-order valence-electron chi connectivity index (χ0n) is 17.8. The molecule has 0 N–H and O–H groups in total. The predicted octanol–water partition coefficient (Wildman–Crippen LogP) is 4.74. The molecule has 1 aromatic heterocycles. The van der Waals surface area contributed by atoms with Crippen molar-refractivity contribution < 1.29 is 18.7 Å². The molecule has 6 nitrogen and oxygen atoms in total. The molecule has 2 heterocycles. The van der Waals surface area contributed by atoms with Gasteiger partial charge in [0.1, 0.15) is 11.8 Å². The van der Waals surface area contributed by atoms with E-state index in [9.17, 15) is 9.59 Å².